The molecule has 1 saturated heterocycles. The summed E-state index contributed by atoms with van der Waals surface area (Å²) in [7, 11) is 0. The van der Waals surface area contributed by atoms with Crippen LogP contribution in [0.3, 0.4) is 0 Å². The Balaban J connectivity index is 0.00000208. The third-order valence-corrected chi connectivity index (χ3v) is 4.71. The van der Waals surface area contributed by atoms with Gasteiger partial charge in [0.2, 0.25) is 0 Å². The first kappa shape index (κ1) is 18.6. The second kappa shape index (κ2) is 8.41. The fourth-order valence-electron chi connectivity index (χ4n) is 2.43. The minimum absolute atomic E-state index is 0. The van der Waals surface area contributed by atoms with E-state index in [0.29, 0.717) is 18.0 Å². The molecule has 2 aromatic rings. The molecule has 0 aliphatic carbocycles. The van der Waals surface area contributed by atoms with E-state index in [1.807, 2.05) is 17.0 Å². The maximum Gasteiger partial charge on any atom is 0.387 e. The summed E-state index contributed by atoms with van der Waals surface area (Å²) < 4.78 is 28.6. The smallest absolute Gasteiger partial charge is 0.387 e. The minimum atomic E-state index is -2.83. The van der Waals surface area contributed by atoms with E-state index in [4.69, 9.17) is 0 Å². The van der Waals surface area contributed by atoms with Crippen molar-refractivity contribution in [3.63, 3.8) is 0 Å². The first-order valence-corrected chi connectivity index (χ1v) is 8.10. The van der Waals surface area contributed by atoms with Crippen molar-refractivity contribution in [2.24, 2.45) is 0 Å². The lowest BCUT2D eigenvalue weighted by molar-refractivity contribution is -0.0498. The van der Waals surface area contributed by atoms with Crippen LogP contribution in [0.1, 0.15) is 9.67 Å². The van der Waals surface area contributed by atoms with Gasteiger partial charge in [-0.1, -0.05) is 0 Å². The molecule has 130 valence electrons. The molecule has 0 radical (unpaired) electrons. The quantitative estimate of drug-likeness (QED) is 0.890. The van der Waals surface area contributed by atoms with Crippen LogP contribution in [0.15, 0.2) is 36.4 Å². The molecular formula is C16H17ClF2N2O2S. The monoisotopic (exact) mass is 374 g/mol. The number of amides is 1. The number of halogens is 3. The summed E-state index contributed by atoms with van der Waals surface area (Å²) in [6, 6.07) is 10.1. The number of carbonyl (C=O) groups is 1. The Labute approximate surface area is 148 Å². The molecule has 0 unspecified atom stereocenters. The molecule has 8 heteroatoms. The fraction of sp³-hybridized carbons (Fsp3) is 0.312. The summed E-state index contributed by atoms with van der Waals surface area (Å²) in [5.74, 6) is 0.165. The molecule has 1 aliphatic heterocycles. The SMILES string of the molecule is Cl.O=C(c1ccc(-c2ccc(OC(F)F)cc2)s1)N1CCNCC1. The molecule has 1 amide bonds. The van der Waals surface area contributed by atoms with E-state index < -0.39 is 6.61 Å². The van der Waals surface area contributed by atoms with E-state index in [-0.39, 0.29) is 24.1 Å². The van der Waals surface area contributed by atoms with Crippen LogP contribution in [0.4, 0.5) is 8.78 Å². The van der Waals surface area contributed by atoms with Gasteiger partial charge in [-0.25, -0.2) is 0 Å². The zero-order chi connectivity index (χ0) is 16.2. The third kappa shape index (κ3) is 4.43. The largest absolute Gasteiger partial charge is 0.435 e. The fourth-order valence-corrected chi connectivity index (χ4v) is 3.41. The number of hydrogen-bond acceptors (Lipinski definition) is 4. The Morgan fingerprint density at radius 1 is 1.12 bits per heavy atom. The van der Waals surface area contributed by atoms with Gasteiger partial charge in [0.05, 0.1) is 4.88 Å². The number of alkyl halides is 2. The van der Waals surface area contributed by atoms with Crippen LogP contribution in [0, 0.1) is 0 Å². The van der Waals surface area contributed by atoms with Gasteiger partial charge in [-0.3, -0.25) is 4.79 Å². The van der Waals surface area contributed by atoms with Gasteiger partial charge < -0.3 is 15.0 Å². The Bertz CT molecular complexity index is 673. The van der Waals surface area contributed by atoms with Crippen LogP contribution in [0.25, 0.3) is 10.4 Å². The molecule has 1 fully saturated rings. The predicted molar refractivity (Wildman–Crippen MR) is 92.4 cm³/mol. The van der Waals surface area contributed by atoms with E-state index in [0.717, 1.165) is 23.5 Å². The second-order valence-electron chi connectivity index (χ2n) is 5.11. The molecule has 1 N–H and O–H groups in total. The van der Waals surface area contributed by atoms with E-state index in [2.05, 4.69) is 10.1 Å². The number of benzene rings is 1. The number of nitrogens with one attached hydrogen (secondary N) is 1. The van der Waals surface area contributed by atoms with Crippen LogP contribution >= 0.6 is 23.7 Å². The zero-order valence-electron chi connectivity index (χ0n) is 12.7. The van der Waals surface area contributed by atoms with Crippen LogP contribution in [0.5, 0.6) is 5.75 Å². The molecule has 1 aromatic carbocycles. The maximum atomic E-state index is 12.4. The maximum absolute atomic E-state index is 12.4. The van der Waals surface area contributed by atoms with Gasteiger partial charge in [0.1, 0.15) is 5.75 Å². The van der Waals surface area contributed by atoms with E-state index in [1.165, 1.54) is 23.5 Å². The van der Waals surface area contributed by atoms with Crippen molar-refractivity contribution in [2.75, 3.05) is 26.2 Å². The topological polar surface area (TPSA) is 41.6 Å². The number of thiophene rings is 1. The van der Waals surface area contributed by atoms with Gasteiger partial charge in [-0.2, -0.15) is 8.78 Å². The molecule has 1 aliphatic rings. The van der Waals surface area contributed by atoms with Crippen LogP contribution in [-0.4, -0.2) is 43.6 Å². The number of carbonyl (C=O) groups excluding carboxylic acids is 1. The van der Waals surface area contributed by atoms with Crippen molar-refractivity contribution in [3.05, 3.63) is 41.3 Å². The highest BCUT2D eigenvalue weighted by Gasteiger charge is 2.19. The van der Waals surface area contributed by atoms with E-state index >= 15 is 0 Å². The normalized spacial score (nSPS) is 14.4. The number of piperazine rings is 1. The summed E-state index contributed by atoms with van der Waals surface area (Å²) in [6.45, 7) is 0.230. The van der Waals surface area contributed by atoms with Crippen molar-refractivity contribution in [3.8, 4) is 16.2 Å². The second-order valence-corrected chi connectivity index (χ2v) is 6.19. The van der Waals surface area contributed by atoms with E-state index in [1.54, 1.807) is 12.1 Å². The van der Waals surface area contributed by atoms with Crippen LogP contribution < -0.4 is 10.1 Å². The number of rotatable bonds is 4. The molecule has 3 rings (SSSR count). The Hall–Kier alpha value is -1.70. The highest BCUT2D eigenvalue weighted by Crippen LogP contribution is 2.30. The van der Waals surface area contributed by atoms with Gasteiger partial charge in [0, 0.05) is 31.1 Å². The van der Waals surface area contributed by atoms with Crippen molar-refractivity contribution in [2.45, 2.75) is 6.61 Å². The molecule has 2 heterocycles. The number of hydrogen-bond donors (Lipinski definition) is 1. The zero-order valence-corrected chi connectivity index (χ0v) is 14.3. The van der Waals surface area contributed by atoms with E-state index in [9.17, 15) is 13.6 Å². The van der Waals surface area contributed by atoms with Gasteiger partial charge in [0.15, 0.2) is 0 Å². The summed E-state index contributed by atoms with van der Waals surface area (Å²) >= 11 is 1.41. The Kier molecular flexibility index (Phi) is 6.53. The molecular weight excluding hydrogens is 358 g/mol. The van der Waals surface area contributed by atoms with Gasteiger partial charge >= 0.3 is 6.61 Å². The molecule has 0 saturated carbocycles. The highest BCUT2D eigenvalue weighted by atomic mass is 35.5. The molecule has 4 nitrogen and oxygen atoms in total. The average molecular weight is 375 g/mol. The average Bonchev–Trinajstić information content (AvgIpc) is 3.05. The van der Waals surface area contributed by atoms with Crippen molar-refractivity contribution in [1.82, 2.24) is 10.2 Å². The molecule has 0 atom stereocenters. The molecule has 0 spiro atoms. The lowest BCUT2D eigenvalue weighted by Gasteiger charge is -2.26. The van der Waals surface area contributed by atoms with Crippen molar-refractivity contribution < 1.29 is 18.3 Å². The van der Waals surface area contributed by atoms with Crippen LogP contribution in [-0.2, 0) is 0 Å². The summed E-state index contributed by atoms with van der Waals surface area (Å²) in [6.07, 6.45) is 0. The van der Waals surface area contributed by atoms with Crippen molar-refractivity contribution in [1.29, 1.82) is 0 Å². The van der Waals surface area contributed by atoms with Gasteiger partial charge in [-0.15, -0.1) is 23.7 Å². The third-order valence-electron chi connectivity index (χ3n) is 3.58. The Morgan fingerprint density at radius 3 is 2.42 bits per heavy atom. The standard InChI is InChI=1S/C16H16F2N2O2S.ClH/c17-16(18)22-12-3-1-11(2-4-12)13-5-6-14(23-13)15(21)20-9-7-19-8-10-20;/h1-6,16,19H,7-10H2;1H. The number of ether oxygens (including phenoxy) is 1. The summed E-state index contributed by atoms with van der Waals surface area (Å²) in [5, 5.41) is 3.22. The molecule has 24 heavy (non-hydrogen) atoms. The summed E-state index contributed by atoms with van der Waals surface area (Å²) in [5.41, 5.74) is 0.871. The first-order chi connectivity index (χ1) is 11.1. The first-order valence-electron chi connectivity index (χ1n) is 7.28. The predicted octanol–water partition coefficient (Wildman–Crippen LogP) is 3.48. The minimum Gasteiger partial charge on any atom is -0.435 e. The summed E-state index contributed by atoms with van der Waals surface area (Å²) in [4.78, 5) is 15.9. The Morgan fingerprint density at radius 2 is 1.79 bits per heavy atom. The lowest BCUT2D eigenvalue weighted by Crippen LogP contribution is -2.46. The van der Waals surface area contributed by atoms with Gasteiger partial charge in [0.25, 0.3) is 5.91 Å². The molecule has 0 bridgehead atoms. The highest BCUT2D eigenvalue weighted by molar-refractivity contribution is 7.17. The van der Waals surface area contributed by atoms with Gasteiger partial charge in [-0.05, 0) is 42.0 Å². The lowest BCUT2D eigenvalue weighted by atomic mass is 10.2. The van der Waals surface area contributed by atoms with Crippen LogP contribution in [0.2, 0.25) is 0 Å². The van der Waals surface area contributed by atoms with Crippen molar-refractivity contribution >= 4 is 29.7 Å². The number of nitrogens with zero attached hydrogens (tertiary/aromatic N) is 1. The molecule has 1 aromatic heterocycles.